The molecule has 2 aromatic rings. The topological polar surface area (TPSA) is 55.7 Å². The fraction of sp³-hybridized carbons (Fsp3) is 0.292. The summed E-state index contributed by atoms with van der Waals surface area (Å²) in [6.45, 7) is 1.80. The molecule has 0 amide bonds. The SMILES string of the molecule is COC(=O)C1C(C)=NC2=C(C(=O)CC(c3ccc(Cl)cc3)C2)C1c1ccc(Cl)c(Cl)c1. The van der Waals surface area contributed by atoms with Crippen LogP contribution in [-0.4, -0.2) is 24.6 Å². The Morgan fingerprint density at radius 3 is 2.32 bits per heavy atom. The normalized spacial score (nSPS) is 23.3. The molecule has 31 heavy (non-hydrogen) atoms. The van der Waals surface area contributed by atoms with Gasteiger partial charge in [-0.2, -0.15) is 0 Å². The van der Waals surface area contributed by atoms with Gasteiger partial charge < -0.3 is 4.74 Å². The van der Waals surface area contributed by atoms with Crippen LogP contribution in [0.5, 0.6) is 0 Å². The Labute approximate surface area is 195 Å². The smallest absolute Gasteiger partial charge is 0.315 e. The highest BCUT2D eigenvalue weighted by Gasteiger charge is 2.44. The van der Waals surface area contributed by atoms with Crippen molar-refractivity contribution >= 4 is 52.3 Å². The van der Waals surface area contributed by atoms with Gasteiger partial charge in [0, 0.05) is 34.3 Å². The second-order valence-corrected chi connectivity index (χ2v) is 9.10. The van der Waals surface area contributed by atoms with E-state index in [9.17, 15) is 9.59 Å². The average Bonchev–Trinajstić information content (AvgIpc) is 2.74. The molecule has 3 atom stereocenters. The van der Waals surface area contributed by atoms with Crippen LogP contribution >= 0.6 is 34.8 Å². The minimum Gasteiger partial charge on any atom is -0.468 e. The van der Waals surface area contributed by atoms with Crippen LogP contribution in [0.25, 0.3) is 0 Å². The number of carbonyl (C=O) groups is 2. The lowest BCUT2D eigenvalue weighted by Crippen LogP contribution is -2.37. The number of aliphatic imine (C=N–C) groups is 1. The fourth-order valence-electron chi connectivity index (χ4n) is 4.53. The van der Waals surface area contributed by atoms with E-state index in [0.29, 0.717) is 44.9 Å². The summed E-state index contributed by atoms with van der Waals surface area (Å²) in [5.41, 5.74) is 3.67. The number of rotatable bonds is 3. The van der Waals surface area contributed by atoms with Gasteiger partial charge >= 0.3 is 5.97 Å². The monoisotopic (exact) mass is 475 g/mol. The molecule has 1 heterocycles. The number of esters is 1. The van der Waals surface area contributed by atoms with Gasteiger partial charge in [-0.1, -0.05) is 53.0 Å². The van der Waals surface area contributed by atoms with Gasteiger partial charge in [0.05, 0.1) is 17.2 Å². The minimum absolute atomic E-state index is 0.00389. The maximum atomic E-state index is 13.4. The van der Waals surface area contributed by atoms with E-state index in [1.807, 2.05) is 24.3 Å². The van der Waals surface area contributed by atoms with Gasteiger partial charge in [-0.25, -0.2) is 0 Å². The van der Waals surface area contributed by atoms with E-state index in [1.165, 1.54) is 7.11 Å². The van der Waals surface area contributed by atoms with Crippen molar-refractivity contribution in [3.8, 4) is 0 Å². The molecule has 0 saturated carbocycles. The van der Waals surface area contributed by atoms with Crippen LogP contribution in [0, 0.1) is 5.92 Å². The van der Waals surface area contributed by atoms with Gasteiger partial charge in [0.1, 0.15) is 5.92 Å². The first-order chi connectivity index (χ1) is 14.8. The summed E-state index contributed by atoms with van der Waals surface area (Å²) in [6.07, 6.45) is 0.937. The van der Waals surface area contributed by atoms with Gasteiger partial charge in [0.15, 0.2) is 5.78 Å². The van der Waals surface area contributed by atoms with Gasteiger partial charge in [0.2, 0.25) is 0 Å². The molecule has 0 radical (unpaired) electrons. The second-order valence-electron chi connectivity index (χ2n) is 7.85. The molecule has 7 heteroatoms. The molecule has 0 N–H and O–H groups in total. The maximum absolute atomic E-state index is 13.4. The summed E-state index contributed by atoms with van der Waals surface area (Å²) in [5, 5.41) is 1.43. The Morgan fingerprint density at radius 2 is 1.68 bits per heavy atom. The molecule has 0 saturated heterocycles. The number of benzene rings is 2. The molecule has 0 bridgehead atoms. The third-order valence-corrected chi connectivity index (χ3v) is 6.98. The number of ether oxygens (including phenoxy) is 1. The van der Waals surface area contributed by atoms with Crippen molar-refractivity contribution in [2.45, 2.75) is 31.6 Å². The van der Waals surface area contributed by atoms with E-state index in [1.54, 1.807) is 25.1 Å². The van der Waals surface area contributed by atoms with E-state index in [0.717, 1.165) is 11.1 Å². The summed E-state index contributed by atoms with van der Waals surface area (Å²) < 4.78 is 5.06. The van der Waals surface area contributed by atoms with Crippen LogP contribution in [0.4, 0.5) is 0 Å². The molecule has 0 spiro atoms. The van der Waals surface area contributed by atoms with Crippen molar-refractivity contribution in [3.63, 3.8) is 0 Å². The number of hydrogen-bond donors (Lipinski definition) is 0. The Hall–Kier alpha value is -2.14. The second kappa shape index (κ2) is 8.78. The molecule has 0 aromatic heterocycles. The fourth-order valence-corrected chi connectivity index (χ4v) is 4.96. The van der Waals surface area contributed by atoms with E-state index in [-0.39, 0.29) is 11.7 Å². The van der Waals surface area contributed by atoms with Crippen molar-refractivity contribution in [1.82, 2.24) is 0 Å². The number of Topliss-reactive ketones (excluding diaryl/α,β-unsaturated/α-hetero) is 1. The van der Waals surface area contributed by atoms with Crippen LogP contribution in [0.2, 0.25) is 15.1 Å². The zero-order valence-electron chi connectivity index (χ0n) is 17.0. The van der Waals surface area contributed by atoms with Crippen molar-refractivity contribution < 1.29 is 14.3 Å². The van der Waals surface area contributed by atoms with E-state index >= 15 is 0 Å². The quantitative estimate of drug-likeness (QED) is 0.482. The van der Waals surface area contributed by atoms with E-state index < -0.39 is 17.8 Å². The number of halogens is 3. The lowest BCUT2D eigenvalue weighted by atomic mass is 9.69. The molecule has 160 valence electrons. The largest absolute Gasteiger partial charge is 0.468 e. The first-order valence-corrected chi connectivity index (χ1v) is 11.0. The third kappa shape index (κ3) is 4.17. The van der Waals surface area contributed by atoms with Crippen LogP contribution < -0.4 is 0 Å². The Morgan fingerprint density at radius 1 is 1.00 bits per heavy atom. The molecule has 2 aromatic carbocycles. The zero-order chi connectivity index (χ0) is 22.3. The Balaban J connectivity index is 1.82. The van der Waals surface area contributed by atoms with Crippen molar-refractivity contribution in [2.24, 2.45) is 10.9 Å². The average molecular weight is 477 g/mol. The Kier molecular flexibility index (Phi) is 6.25. The van der Waals surface area contributed by atoms with Gasteiger partial charge in [-0.3, -0.25) is 14.6 Å². The number of methoxy groups -OCH3 is 1. The maximum Gasteiger partial charge on any atom is 0.315 e. The Bertz CT molecular complexity index is 1120. The van der Waals surface area contributed by atoms with E-state index in [4.69, 9.17) is 44.5 Å². The van der Waals surface area contributed by atoms with Crippen molar-refractivity contribution in [2.75, 3.05) is 7.11 Å². The number of carbonyl (C=O) groups excluding carboxylic acids is 2. The number of ketones is 1. The highest BCUT2D eigenvalue weighted by atomic mass is 35.5. The summed E-state index contributed by atoms with van der Waals surface area (Å²) in [6, 6.07) is 12.7. The number of hydrogen-bond acceptors (Lipinski definition) is 4. The van der Waals surface area contributed by atoms with Crippen LogP contribution in [-0.2, 0) is 14.3 Å². The summed E-state index contributed by atoms with van der Waals surface area (Å²) in [5.74, 6) is -1.67. The molecule has 0 fully saturated rings. The molecule has 4 nitrogen and oxygen atoms in total. The highest BCUT2D eigenvalue weighted by molar-refractivity contribution is 6.42. The number of allylic oxidation sites excluding steroid dienone is 2. The molecule has 4 rings (SSSR count). The van der Waals surface area contributed by atoms with Crippen molar-refractivity contribution in [1.29, 1.82) is 0 Å². The van der Waals surface area contributed by atoms with Gasteiger partial charge in [-0.05, 0) is 54.7 Å². The summed E-state index contributed by atoms with van der Waals surface area (Å²) in [7, 11) is 1.34. The van der Waals surface area contributed by atoms with Gasteiger partial charge in [-0.15, -0.1) is 0 Å². The predicted molar refractivity (Wildman–Crippen MR) is 123 cm³/mol. The molecule has 1 aliphatic carbocycles. The van der Waals surface area contributed by atoms with Gasteiger partial charge in [0.25, 0.3) is 0 Å². The van der Waals surface area contributed by atoms with Crippen LogP contribution in [0.15, 0.2) is 58.7 Å². The highest BCUT2D eigenvalue weighted by Crippen LogP contribution is 2.47. The molecular formula is C24H20Cl3NO3. The first-order valence-electron chi connectivity index (χ1n) is 9.89. The van der Waals surface area contributed by atoms with Crippen LogP contribution in [0.1, 0.15) is 42.7 Å². The third-order valence-electron chi connectivity index (χ3n) is 5.99. The zero-order valence-corrected chi connectivity index (χ0v) is 19.3. The predicted octanol–water partition coefficient (Wildman–Crippen LogP) is 6.39. The lowest BCUT2D eigenvalue weighted by Gasteiger charge is -2.36. The standard InChI is InChI=1S/C24H20Cl3NO3/c1-12-21(24(30)31-2)22(14-5-8-17(26)18(27)9-14)23-19(28-12)10-15(11-20(23)29)13-3-6-16(25)7-4-13/h3-9,15,21-22H,10-11H2,1-2H3. The molecule has 3 unspecified atom stereocenters. The summed E-state index contributed by atoms with van der Waals surface area (Å²) >= 11 is 18.4. The minimum atomic E-state index is -0.697. The molecule has 1 aliphatic heterocycles. The summed E-state index contributed by atoms with van der Waals surface area (Å²) in [4.78, 5) is 30.8. The van der Waals surface area contributed by atoms with E-state index in [2.05, 4.69) is 0 Å². The van der Waals surface area contributed by atoms with Crippen molar-refractivity contribution in [3.05, 3.63) is 79.9 Å². The lowest BCUT2D eigenvalue weighted by molar-refractivity contribution is -0.143. The number of nitrogens with zero attached hydrogens (tertiary/aromatic N) is 1. The van der Waals surface area contributed by atoms with Crippen LogP contribution in [0.3, 0.4) is 0 Å². The molecule has 2 aliphatic rings. The first kappa shape index (κ1) is 22.1. The molecular weight excluding hydrogens is 457 g/mol.